The SMILES string of the molecule is OC(CNCc1cc(Cl)ccc1Cl)c1cc(C(F)(F)F)nc2c(C(F)(F)F)cccc12. The quantitative estimate of drug-likeness (QED) is 0.413. The summed E-state index contributed by atoms with van der Waals surface area (Å²) in [4.78, 5) is 3.20. The zero-order valence-corrected chi connectivity index (χ0v) is 17.0. The van der Waals surface area contributed by atoms with Crippen LogP contribution in [0, 0.1) is 0 Å². The molecular weight excluding hydrogens is 469 g/mol. The highest BCUT2D eigenvalue weighted by Gasteiger charge is 2.37. The van der Waals surface area contributed by atoms with E-state index in [1.807, 2.05) is 0 Å². The Balaban J connectivity index is 1.97. The zero-order valence-electron chi connectivity index (χ0n) is 15.5. The lowest BCUT2D eigenvalue weighted by Crippen LogP contribution is -2.22. The number of halogens is 8. The van der Waals surface area contributed by atoms with Gasteiger partial charge in [0.25, 0.3) is 0 Å². The lowest BCUT2D eigenvalue weighted by Gasteiger charge is -2.19. The van der Waals surface area contributed by atoms with Crippen LogP contribution in [0.25, 0.3) is 10.9 Å². The Labute approximate surface area is 182 Å². The second-order valence-corrected chi connectivity index (χ2v) is 7.52. The number of aliphatic hydroxyl groups excluding tert-OH is 1. The van der Waals surface area contributed by atoms with Gasteiger partial charge < -0.3 is 10.4 Å². The molecule has 1 aromatic heterocycles. The average Bonchev–Trinajstić information content (AvgIpc) is 2.67. The molecule has 0 aliphatic heterocycles. The fourth-order valence-electron chi connectivity index (χ4n) is 3.06. The van der Waals surface area contributed by atoms with Gasteiger partial charge >= 0.3 is 12.4 Å². The van der Waals surface area contributed by atoms with Crippen LogP contribution in [0.3, 0.4) is 0 Å². The van der Waals surface area contributed by atoms with Crippen molar-refractivity contribution < 1.29 is 31.4 Å². The molecule has 0 aliphatic carbocycles. The van der Waals surface area contributed by atoms with Crippen molar-refractivity contribution in [2.24, 2.45) is 0 Å². The molecule has 1 atom stereocenters. The van der Waals surface area contributed by atoms with E-state index >= 15 is 0 Å². The lowest BCUT2D eigenvalue weighted by molar-refractivity contribution is -0.142. The van der Waals surface area contributed by atoms with Crippen molar-refractivity contribution in [3.63, 3.8) is 0 Å². The van der Waals surface area contributed by atoms with Crippen LogP contribution in [-0.2, 0) is 18.9 Å². The number of aliphatic hydroxyl groups is 1. The van der Waals surface area contributed by atoms with Gasteiger partial charge in [0.2, 0.25) is 0 Å². The maximum atomic E-state index is 13.3. The molecule has 3 aromatic rings. The number of para-hydroxylation sites is 1. The van der Waals surface area contributed by atoms with Crippen LogP contribution in [0.4, 0.5) is 26.3 Å². The normalized spacial score (nSPS) is 13.6. The Morgan fingerprint density at radius 1 is 0.968 bits per heavy atom. The van der Waals surface area contributed by atoms with Crippen LogP contribution in [-0.4, -0.2) is 16.6 Å². The number of alkyl halides is 6. The third-order valence-electron chi connectivity index (χ3n) is 4.49. The van der Waals surface area contributed by atoms with Crippen molar-refractivity contribution in [1.29, 1.82) is 0 Å². The molecule has 0 spiro atoms. The monoisotopic (exact) mass is 482 g/mol. The summed E-state index contributed by atoms with van der Waals surface area (Å²) in [5.74, 6) is 0. The first kappa shape index (κ1) is 23.6. The maximum absolute atomic E-state index is 13.3. The largest absolute Gasteiger partial charge is 0.433 e. The van der Waals surface area contributed by atoms with Crippen LogP contribution in [0.5, 0.6) is 0 Å². The molecule has 0 radical (unpaired) electrons. The molecule has 1 heterocycles. The lowest BCUT2D eigenvalue weighted by atomic mass is 9.99. The van der Waals surface area contributed by atoms with Crippen LogP contribution in [0.2, 0.25) is 10.0 Å². The molecule has 0 saturated carbocycles. The van der Waals surface area contributed by atoms with E-state index in [0.717, 1.165) is 6.07 Å². The average molecular weight is 483 g/mol. The van der Waals surface area contributed by atoms with Gasteiger partial charge in [-0.1, -0.05) is 35.3 Å². The van der Waals surface area contributed by atoms with Crippen molar-refractivity contribution >= 4 is 34.1 Å². The number of benzene rings is 2. The summed E-state index contributed by atoms with van der Waals surface area (Å²) in [5, 5.41) is 13.9. The number of fused-ring (bicyclic) bond motifs is 1. The summed E-state index contributed by atoms with van der Waals surface area (Å²) in [6.07, 6.45) is -11.5. The summed E-state index contributed by atoms with van der Waals surface area (Å²) in [6, 6.07) is 8.14. The van der Waals surface area contributed by atoms with Gasteiger partial charge in [0, 0.05) is 28.5 Å². The first-order valence-electron chi connectivity index (χ1n) is 8.78. The molecule has 0 amide bonds. The van der Waals surface area contributed by atoms with Gasteiger partial charge in [-0.25, -0.2) is 4.98 Å². The highest BCUT2D eigenvalue weighted by molar-refractivity contribution is 6.33. The first-order valence-corrected chi connectivity index (χ1v) is 9.54. The molecule has 31 heavy (non-hydrogen) atoms. The molecule has 3 nitrogen and oxygen atoms in total. The van der Waals surface area contributed by atoms with E-state index in [2.05, 4.69) is 10.3 Å². The van der Waals surface area contributed by atoms with Crippen molar-refractivity contribution in [2.45, 2.75) is 25.0 Å². The molecule has 3 rings (SSSR count). The van der Waals surface area contributed by atoms with Gasteiger partial charge in [0.1, 0.15) is 5.69 Å². The number of hydrogen-bond acceptors (Lipinski definition) is 3. The minimum Gasteiger partial charge on any atom is -0.387 e. The Kier molecular flexibility index (Phi) is 6.71. The van der Waals surface area contributed by atoms with Gasteiger partial charge in [-0.05, 0) is 41.5 Å². The molecule has 2 aromatic carbocycles. The van der Waals surface area contributed by atoms with E-state index in [0.29, 0.717) is 27.7 Å². The molecule has 0 fully saturated rings. The molecule has 0 bridgehead atoms. The predicted octanol–water partition coefficient (Wildman–Crippen LogP) is 6.40. The van der Waals surface area contributed by atoms with E-state index < -0.39 is 35.2 Å². The highest BCUT2D eigenvalue weighted by Crippen LogP contribution is 2.38. The third kappa shape index (κ3) is 5.41. The van der Waals surface area contributed by atoms with Crippen molar-refractivity contribution in [3.05, 3.63) is 74.9 Å². The summed E-state index contributed by atoms with van der Waals surface area (Å²) in [5.41, 5.74) is -3.46. The van der Waals surface area contributed by atoms with Crippen LogP contribution < -0.4 is 5.32 Å². The second-order valence-electron chi connectivity index (χ2n) is 6.68. The van der Waals surface area contributed by atoms with E-state index in [1.165, 1.54) is 6.07 Å². The number of hydrogen-bond donors (Lipinski definition) is 2. The minimum absolute atomic E-state index is 0.124. The fourth-order valence-corrected chi connectivity index (χ4v) is 3.44. The zero-order chi connectivity index (χ0) is 23.0. The van der Waals surface area contributed by atoms with E-state index in [1.54, 1.807) is 18.2 Å². The third-order valence-corrected chi connectivity index (χ3v) is 5.09. The van der Waals surface area contributed by atoms with E-state index in [4.69, 9.17) is 23.2 Å². The van der Waals surface area contributed by atoms with Crippen molar-refractivity contribution in [1.82, 2.24) is 10.3 Å². The fraction of sp³-hybridized carbons (Fsp3) is 0.250. The standard InChI is InChI=1S/C20H14Cl2F6N2O/c21-11-4-5-15(22)10(6-11)8-29-9-16(31)13-7-17(20(26,27)28)30-18-12(13)2-1-3-14(18)19(23,24)25/h1-7,16,29,31H,8-9H2. The number of aromatic nitrogens is 1. The van der Waals surface area contributed by atoms with E-state index in [-0.39, 0.29) is 24.0 Å². The molecule has 11 heteroatoms. The Hall–Kier alpha value is -2.07. The highest BCUT2D eigenvalue weighted by atomic mass is 35.5. The predicted molar refractivity (Wildman–Crippen MR) is 105 cm³/mol. The summed E-state index contributed by atoms with van der Waals surface area (Å²) in [7, 11) is 0. The van der Waals surface area contributed by atoms with Gasteiger partial charge in [0.05, 0.1) is 17.2 Å². The first-order chi connectivity index (χ1) is 14.4. The molecule has 166 valence electrons. The summed E-state index contributed by atoms with van der Waals surface area (Å²) < 4.78 is 79.8. The molecule has 1 unspecified atom stereocenters. The van der Waals surface area contributed by atoms with Gasteiger partial charge in [-0.15, -0.1) is 0 Å². The van der Waals surface area contributed by atoms with Crippen LogP contribution in [0.1, 0.15) is 28.5 Å². The summed E-state index contributed by atoms with van der Waals surface area (Å²) in [6.45, 7) is -0.130. The van der Waals surface area contributed by atoms with E-state index in [9.17, 15) is 31.4 Å². The second kappa shape index (κ2) is 8.82. The van der Waals surface area contributed by atoms with Crippen molar-refractivity contribution in [3.8, 4) is 0 Å². The van der Waals surface area contributed by atoms with Crippen LogP contribution >= 0.6 is 23.2 Å². The van der Waals surface area contributed by atoms with Crippen molar-refractivity contribution in [2.75, 3.05) is 6.54 Å². The Morgan fingerprint density at radius 2 is 1.68 bits per heavy atom. The van der Waals surface area contributed by atoms with Gasteiger partial charge in [0.15, 0.2) is 0 Å². The van der Waals surface area contributed by atoms with Gasteiger partial charge in [-0.3, -0.25) is 0 Å². The number of nitrogens with one attached hydrogen (secondary N) is 1. The Morgan fingerprint density at radius 3 is 2.32 bits per heavy atom. The smallest absolute Gasteiger partial charge is 0.387 e. The summed E-state index contributed by atoms with van der Waals surface area (Å²) >= 11 is 11.9. The Bertz CT molecular complexity index is 1100. The maximum Gasteiger partial charge on any atom is 0.433 e. The molecule has 0 aliphatic rings. The number of pyridine rings is 1. The number of nitrogens with zero attached hydrogens (tertiary/aromatic N) is 1. The topological polar surface area (TPSA) is 45.1 Å². The van der Waals surface area contributed by atoms with Gasteiger partial charge in [-0.2, -0.15) is 26.3 Å². The van der Waals surface area contributed by atoms with Crippen LogP contribution in [0.15, 0.2) is 42.5 Å². The molecule has 2 N–H and O–H groups in total. The molecular formula is C20H14Cl2F6N2O. The number of rotatable bonds is 5. The molecule has 0 saturated heterocycles. The minimum atomic E-state index is -5.00.